The molecule has 1 rings (SSSR count). The highest BCUT2D eigenvalue weighted by Crippen LogP contribution is 2.19. The number of aliphatic hydroxyl groups is 2. The van der Waals surface area contributed by atoms with Crippen LogP contribution in [0.25, 0.3) is 0 Å². The second-order valence-electron chi connectivity index (χ2n) is 3.85. The van der Waals surface area contributed by atoms with Crippen LogP contribution in [0.3, 0.4) is 0 Å². The number of nitrogens with zero attached hydrogens (tertiary/aromatic N) is 1. The molecule has 0 radical (unpaired) electrons. The van der Waals surface area contributed by atoms with Gasteiger partial charge in [-0.15, -0.1) is 0 Å². The van der Waals surface area contributed by atoms with Gasteiger partial charge in [-0.1, -0.05) is 18.2 Å². The Hall–Kier alpha value is -1.06. The fourth-order valence-electron chi connectivity index (χ4n) is 1.52. The maximum Gasteiger partial charge on any atom is 0.0702 e. The third-order valence-electron chi connectivity index (χ3n) is 2.46. The molecule has 0 aliphatic rings. The average Bonchev–Trinajstić information content (AvgIpc) is 2.25. The number of hydrogen-bond acceptors (Lipinski definition) is 3. The minimum absolute atomic E-state index is 0.0508. The van der Waals surface area contributed by atoms with Crippen LogP contribution in [0.1, 0.15) is 18.9 Å². The maximum atomic E-state index is 9.20. The molecular weight excluding hydrogens is 190 g/mol. The molecule has 84 valence electrons. The Bertz CT molecular complexity index is 299. The molecule has 15 heavy (non-hydrogen) atoms. The van der Waals surface area contributed by atoms with Gasteiger partial charge in [0, 0.05) is 24.8 Å². The molecule has 0 spiro atoms. The van der Waals surface area contributed by atoms with Gasteiger partial charge in [0.1, 0.15) is 0 Å². The fraction of sp³-hybridized carbons (Fsp3) is 0.500. The smallest absolute Gasteiger partial charge is 0.0702 e. The lowest BCUT2D eigenvalue weighted by atomic mass is 10.1. The quantitative estimate of drug-likeness (QED) is 0.770. The maximum absolute atomic E-state index is 9.20. The van der Waals surface area contributed by atoms with Crippen LogP contribution in [0.2, 0.25) is 0 Å². The zero-order chi connectivity index (χ0) is 11.3. The highest BCUT2D eigenvalue weighted by atomic mass is 16.3. The number of hydrogen-bond donors (Lipinski definition) is 2. The van der Waals surface area contributed by atoms with Gasteiger partial charge in [-0.05, 0) is 19.4 Å². The lowest BCUT2D eigenvalue weighted by Gasteiger charge is -2.22. The molecule has 1 unspecified atom stereocenters. The van der Waals surface area contributed by atoms with Crippen LogP contribution in [0.4, 0.5) is 5.69 Å². The normalized spacial score (nSPS) is 12.5. The zero-order valence-corrected chi connectivity index (χ0v) is 9.35. The number of benzene rings is 1. The summed E-state index contributed by atoms with van der Waals surface area (Å²) in [5.74, 6) is 0. The number of rotatable bonds is 5. The third kappa shape index (κ3) is 3.53. The van der Waals surface area contributed by atoms with Gasteiger partial charge in [0.25, 0.3) is 0 Å². The van der Waals surface area contributed by atoms with E-state index in [1.54, 1.807) is 6.92 Å². The van der Waals surface area contributed by atoms with Crippen LogP contribution in [0.15, 0.2) is 24.3 Å². The first-order chi connectivity index (χ1) is 7.15. The third-order valence-corrected chi connectivity index (χ3v) is 2.46. The SMILES string of the molecule is CC(O)CCN(C)c1ccccc1CO. The summed E-state index contributed by atoms with van der Waals surface area (Å²) in [4.78, 5) is 2.05. The molecule has 0 aliphatic heterocycles. The standard InChI is InChI=1S/C12H19NO2/c1-10(15)7-8-13(2)12-6-4-3-5-11(12)9-14/h3-6,10,14-15H,7-9H2,1-2H3. The molecule has 0 bridgehead atoms. The molecule has 2 N–H and O–H groups in total. The van der Waals surface area contributed by atoms with Gasteiger partial charge < -0.3 is 15.1 Å². The van der Waals surface area contributed by atoms with Gasteiger partial charge in [0.2, 0.25) is 0 Å². The Morgan fingerprint density at radius 1 is 1.33 bits per heavy atom. The lowest BCUT2D eigenvalue weighted by Crippen LogP contribution is -2.22. The molecule has 0 aliphatic carbocycles. The van der Waals surface area contributed by atoms with E-state index >= 15 is 0 Å². The number of anilines is 1. The van der Waals surface area contributed by atoms with E-state index in [0.29, 0.717) is 0 Å². The summed E-state index contributed by atoms with van der Waals surface area (Å²) in [6, 6.07) is 7.76. The van der Waals surface area contributed by atoms with E-state index in [1.807, 2.05) is 31.3 Å². The Kier molecular flexibility index (Phi) is 4.59. The van der Waals surface area contributed by atoms with Gasteiger partial charge in [-0.25, -0.2) is 0 Å². The molecule has 0 saturated carbocycles. The predicted molar refractivity (Wildman–Crippen MR) is 61.9 cm³/mol. The monoisotopic (exact) mass is 209 g/mol. The van der Waals surface area contributed by atoms with Crippen LogP contribution in [0, 0.1) is 0 Å². The summed E-state index contributed by atoms with van der Waals surface area (Å²) in [6.45, 7) is 2.62. The molecular formula is C12H19NO2. The predicted octanol–water partition coefficient (Wildman–Crippen LogP) is 1.39. The topological polar surface area (TPSA) is 43.7 Å². The van der Waals surface area contributed by atoms with Crippen molar-refractivity contribution < 1.29 is 10.2 Å². The van der Waals surface area contributed by atoms with Gasteiger partial charge in [-0.2, -0.15) is 0 Å². The van der Waals surface area contributed by atoms with E-state index in [4.69, 9.17) is 5.11 Å². The van der Waals surface area contributed by atoms with Crippen LogP contribution in [-0.2, 0) is 6.61 Å². The summed E-state index contributed by atoms with van der Waals surface area (Å²) in [7, 11) is 1.97. The van der Waals surface area contributed by atoms with Crippen LogP contribution < -0.4 is 4.90 Å². The van der Waals surface area contributed by atoms with E-state index in [0.717, 1.165) is 24.2 Å². The van der Waals surface area contributed by atoms with Crippen molar-refractivity contribution >= 4 is 5.69 Å². The Balaban J connectivity index is 2.68. The van der Waals surface area contributed by atoms with Crippen LogP contribution in [0.5, 0.6) is 0 Å². The molecule has 1 aromatic rings. The van der Waals surface area contributed by atoms with E-state index in [2.05, 4.69) is 4.90 Å². The van der Waals surface area contributed by atoms with E-state index in [1.165, 1.54) is 0 Å². The minimum Gasteiger partial charge on any atom is -0.393 e. The van der Waals surface area contributed by atoms with Crippen LogP contribution >= 0.6 is 0 Å². The van der Waals surface area contributed by atoms with Gasteiger partial charge in [0.15, 0.2) is 0 Å². The second-order valence-corrected chi connectivity index (χ2v) is 3.85. The highest BCUT2D eigenvalue weighted by molar-refractivity contribution is 5.52. The van der Waals surface area contributed by atoms with Gasteiger partial charge in [0.05, 0.1) is 12.7 Å². The van der Waals surface area contributed by atoms with Crippen molar-refractivity contribution in [3.63, 3.8) is 0 Å². The number of para-hydroxylation sites is 1. The number of aliphatic hydroxyl groups excluding tert-OH is 2. The Labute approximate surface area is 91.0 Å². The van der Waals surface area contributed by atoms with Gasteiger partial charge >= 0.3 is 0 Å². The summed E-state index contributed by atoms with van der Waals surface area (Å²) < 4.78 is 0. The van der Waals surface area contributed by atoms with Gasteiger partial charge in [-0.3, -0.25) is 0 Å². The summed E-state index contributed by atoms with van der Waals surface area (Å²) in [6.07, 6.45) is 0.449. The first-order valence-corrected chi connectivity index (χ1v) is 5.23. The molecule has 0 heterocycles. The molecule has 0 fully saturated rings. The van der Waals surface area contributed by atoms with E-state index < -0.39 is 0 Å². The summed E-state index contributed by atoms with van der Waals surface area (Å²) in [5, 5.41) is 18.4. The zero-order valence-electron chi connectivity index (χ0n) is 9.35. The molecule has 3 heteroatoms. The molecule has 0 aromatic heterocycles. The van der Waals surface area contributed by atoms with Crippen molar-refractivity contribution in [3.05, 3.63) is 29.8 Å². The van der Waals surface area contributed by atoms with Crippen LogP contribution in [-0.4, -0.2) is 29.9 Å². The van der Waals surface area contributed by atoms with Crippen molar-refractivity contribution in [2.75, 3.05) is 18.5 Å². The average molecular weight is 209 g/mol. The molecule has 3 nitrogen and oxygen atoms in total. The largest absolute Gasteiger partial charge is 0.393 e. The van der Waals surface area contributed by atoms with Crippen molar-refractivity contribution in [3.8, 4) is 0 Å². The van der Waals surface area contributed by atoms with Crippen molar-refractivity contribution in [2.24, 2.45) is 0 Å². The summed E-state index contributed by atoms with van der Waals surface area (Å²) in [5.41, 5.74) is 1.95. The summed E-state index contributed by atoms with van der Waals surface area (Å²) >= 11 is 0. The first kappa shape index (κ1) is 12.0. The van der Waals surface area contributed by atoms with Crippen molar-refractivity contribution in [1.29, 1.82) is 0 Å². The van der Waals surface area contributed by atoms with Crippen molar-refractivity contribution in [1.82, 2.24) is 0 Å². The van der Waals surface area contributed by atoms with E-state index in [9.17, 15) is 5.11 Å². The van der Waals surface area contributed by atoms with E-state index in [-0.39, 0.29) is 12.7 Å². The second kappa shape index (κ2) is 5.73. The lowest BCUT2D eigenvalue weighted by molar-refractivity contribution is 0.187. The fourth-order valence-corrected chi connectivity index (χ4v) is 1.52. The molecule has 1 aromatic carbocycles. The highest BCUT2D eigenvalue weighted by Gasteiger charge is 2.06. The molecule has 0 saturated heterocycles. The minimum atomic E-state index is -0.284. The Morgan fingerprint density at radius 2 is 2.00 bits per heavy atom. The molecule has 0 amide bonds. The Morgan fingerprint density at radius 3 is 2.60 bits per heavy atom. The first-order valence-electron chi connectivity index (χ1n) is 5.23. The van der Waals surface area contributed by atoms with Crippen molar-refractivity contribution in [2.45, 2.75) is 26.1 Å². The molecule has 1 atom stereocenters.